The second-order valence-electron chi connectivity index (χ2n) is 4.15. The van der Waals surface area contributed by atoms with Crippen molar-refractivity contribution >= 4 is 5.91 Å². The van der Waals surface area contributed by atoms with E-state index in [-0.39, 0.29) is 18.0 Å². The minimum atomic E-state index is -0.681. The standard InChI is InChI=1S/C15H13F2NO2/c1-20-13-6-3-10(4-7-13)15(19)18-9-11-2-5-12(16)8-14(11)17/h2-8H,9H2,1H3,(H,18,19). The number of rotatable bonds is 4. The Bertz CT molecular complexity index is 612. The lowest BCUT2D eigenvalue weighted by Crippen LogP contribution is -2.23. The zero-order valence-corrected chi connectivity index (χ0v) is 10.8. The number of nitrogens with one attached hydrogen (secondary N) is 1. The van der Waals surface area contributed by atoms with Crippen LogP contribution in [0.1, 0.15) is 15.9 Å². The van der Waals surface area contributed by atoms with Crippen LogP contribution in [-0.2, 0) is 6.54 Å². The number of hydrogen-bond acceptors (Lipinski definition) is 2. The predicted molar refractivity (Wildman–Crippen MR) is 70.5 cm³/mol. The van der Waals surface area contributed by atoms with Crippen LogP contribution in [0.4, 0.5) is 8.78 Å². The molecular formula is C15H13F2NO2. The number of hydrogen-bond donors (Lipinski definition) is 1. The van der Waals surface area contributed by atoms with Gasteiger partial charge in [0.15, 0.2) is 0 Å². The van der Waals surface area contributed by atoms with Crippen molar-refractivity contribution in [3.05, 3.63) is 65.2 Å². The van der Waals surface area contributed by atoms with E-state index in [0.29, 0.717) is 11.3 Å². The third-order valence-electron chi connectivity index (χ3n) is 2.81. The van der Waals surface area contributed by atoms with Crippen LogP contribution in [0.5, 0.6) is 5.75 Å². The summed E-state index contributed by atoms with van der Waals surface area (Å²) in [7, 11) is 1.53. The number of ether oxygens (including phenoxy) is 1. The van der Waals surface area contributed by atoms with E-state index in [1.165, 1.54) is 13.2 Å². The maximum Gasteiger partial charge on any atom is 0.251 e. The topological polar surface area (TPSA) is 38.3 Å². The lowest BCUT2D eigenvalue weighted by Gasteiger charge is -2.07. The number of amides is 1. The molecule has 2 aromatic carbocycles. The highest BCUT2D eigenvalue weighted by Crippen LogP contribution is 2.12. The Morgan fingerprint density at radius 3 is 2.45 bits per heavy atom. The first kappa shape index (κ1) is 14.0. The number of methoxy groups -OCH3 is 1. The SMILES string of the molecule is COc1ccc(C(=O)NCc2ccc(F)cc2F)cc1. The fraction of sp³-hybridized carbons (Fsp3) is 0.133. The van der Waals surface area contributed by atoms with Crippen molar-refractivity contribution in [1.29, 1.82) is 0 Å². The van der Waals surface area contributed by atoms with Gasteiger partial charge in [-0.15, -0.1) is 0 Å². The summed E-state index contributed by atoms with van der Waals surface area (Å²) in [6.07, 6.45) is 0. The molecule has 2 rings (SSSR count). The maximum atomic E-state index is 13.4. The van der Waals surface area contributed by atoms with Gasteiger partial charge in [-0.1, -0.05) is 6.07 Å². The van der Waals surface area contributed by atoms with Crippen molar-refractivity contribution in [3.63, 3.8) is 0 Å². The molecule has 0 aromatic heterocycles. The molecule has 20 heavy (non-hydrogen) atoms. The first-order valence-electron chi connectivity index (χ1n) is 5.96. The summed E-state index contributed by atoms with van der Waals surface area (Å²) >= 11 is 0. The van der Waals surface area contributed by atoms with E-state index in [4.69, 9.17) is 4.74 Å². The van der Waals surface area contributed by atoms with E-state index in [0.717, 1.165) is 12.1 Å². The highest BCUT2D eigenvalue weighted by atomic mass is 19.1. The van der Waals surface area contributed by atoms with E-state index >= 15 is 0 Å². The molecule has 0 aliphatic rings. The molecule has 0 aliphatic carbocycles. The van der Waals surface area contributed by atoms with E-state index in [1.807, 2.05) is 0 Å². The molecule has 0 fully saturated rings. The Balaban J connectivity index is 2.00. The third kappa shape index (κ3) is 3.32. The van der Waals surface area contributed by atoms with Gasteiger partial charge >= 0.3 is 0 Å². The molecule has 0 saturated heterocycles. The normalized spacial score (nSPS) is 10.2. The monoisotopic (exact) mass is 277 g/mol. The molecule has 0 atom stereocenters. The molecule has 0 spiro atoms. The molecule has 0 saturated carbocycles. The molecular weight excluding hydrogens is 264 g/mol. The van der Waals surface area contributed by atoms with E-state index in [1.54, 1.807) is 24.3 Å². The Kier molecular flexibility index (Phi) is 4.30. The van der Waals surface area contributed by atoms with Gasteiger partial charge in [-0.2, -0.15) is 0 Å². The molecule has 0 heterocycles. The minimum Gasteiger partial charge on any atom is -0.497 e. The van der Waals surface area contributed by atoms with Crippen LogP contribution in [0.2, 0.25) is 0 Å². The second-order valence-corrected chi connectivity index (χ2v) is 4.15. The molecule has 0 unspecified atom stereocenters. The Hall–Kier alpha value is -2.43. The molecule has 1 amide bonds. The summed E-state index contributed by atoms with van der Waals surface area (Å²) in [5.41, 5.74) is 0.668. The van der Waals surface area contributed by atoms with Gasteiger partial charge in [0, 0.05) is 23.7 Å². The Labute approximate surface area is 115 Å². The summed E-state index contributed by atoms with van der Waals surface area (Å²) in [5.74, 6) is -1.02. The summed E-state index contributed by atoms with van der Waals surface area (Å²) in [6, 6.07) is 9.77. The largest absolute Gasteiger partial charge is 0.497 e. The third-order valence-corrected chi connectivity index (χ3v) is 2.81. The molecule has 0 radical (unpaired) electrons. The first-order chi connectivity index (χ1) is 9.60. The fourth-order valence-corrected chi connectivity index (χ4v) is 1.69. The van der Waals surface area contributed by atoms with Crippen molar-refractivity contribution in [1.82, 2.24) is 5.32 Å². The van der Waals surface area contributed by atoms with Crippen molar-refractivity contribution in [2.45, 2.75) is 6.54 Å². The number of carbonyl (C=O) groups excluding carboxylic acids is 1. The number of benzene rings is 2. The molecule has 1 N–H and O–H groups in total. The average Bonchev–Trinajstić information content (AvgIpc) is 2.46. The van der Waals surface area contributed by atoms with Crippen LogP contribution >= 0.6 is 0 Å². The van der Waals surface area contributed by atoms with Gasteiger partial charge < -0.3 is 10.1 Å². The maximum absolute atomic E-state index is 13.4. The van der Waals surface area contributed by atoms with Gasteiger partial charge in [0.2, 0.25) is 0 Å². The fourth-order valence-electron chi connectivity index (χ4n) is 1.69. The summed E-state index contributed by atoms with van der Waals surface area (Å²) < 4.78 is 31.1. The van der Waals surface area contributed by atoms with E-state index in [9.17, 15) is 13.6 Å². The average molecular weight is 277 g/mol. The van der Waals surface area contributed by atoms with Crippen molar-refractivity contribution < 1.29 is 18.3 Å². The van der Waals surface area contributed by atoms with E-state index in [2.05, 4.69) is 5.32 Å². The van der Waals surface area contributed by atoms with Crippen LogP contribution in [0.3, 0.4) is 0 Å². The van der Waals surface area contributed by atoms with Gasteiger partial charge in [0.25, 0.3) is 5.91 Å². The van der Waals surface area contributed by atoms with Crippen molar-refractivity contribution in [3.8, 4) is 5.75 Å². The zero-order chi connectivity index (χ0) is 14.5. The summed E-state index contributed by atoms with van der Waals surface area (Å²) in [5, 5.41) is 2.57. The van der Waals surface area contributed by atoms with Gasteiger partial charge in [0.1, 0.15) is 17.4 Å². The Morgan fingerprint density at radius 1 is 1.15 bits per heavy atom. The first-order valence-corrected chi connectivity index (χ1v) is 5.96. The molecule has 5 heteroatoms. The lowest BCUT2D eigenvalue weighted by molar-refractivity contribution is 0.0950. The van der Waals surface area contributed by atoms with Gasteiger partial charge in [-0.3, -0.25) is 4.79 Å². The Morgan fingerprint density at radius 2 is 1.85 bits per heavy atom. The van der Waals surface area contributed by atoms with Crippen LogP contribution in [0.15, 0.2) is 42.5 Å². The van der Waals surface area contributed by atoms with Crippen molar-refractivity contribution in [2.24, 2.45) is 0 Å². The minimum absolute atomic E-state index is 0.00300. The summed E-state index contributed by atoms with van der Waals surface area (Å²) in [6.45, 7) is -0.00300. The van der Waals surface area contributed by atoms with Crippen LogP contribution in [-0.4, -0.2) is 13.0 Å². The second kappa shape index (κ2) is 6.14. The zero-order valence-electron chi connectivity index (χ0n) is 10.8. The van der Waals surface area contributed by atoms with Crippen LogP contribution in [0, 0.1) is 11.6 Å². The lowest BCUT2D eigenvalue weighted by atomic mass is 10.1. The summed E-state index contributed by atoms with van der Waals surface area (Å²) in [4.78, 5) is 11.8. The van der Waals surface area contributed by atoms with Crippen LogP contribution in [0.25, 0.3) is 0 Å². The highest BCUT2D eigenvalue weighted by molar-refractivity contribution is 5.94. The molecule has 104 valence electrons. The van der Waals surface area contributed by atoms with Gasteiger partial charge in [-0.05, 0) is 30.3 Å². The van der Waals surface area contributed by atoms with Gasteiger partial charge in [-0.25, -0.2) is 8.78 Å². The van der Waals surface area contributed by atoms with Crippen molar-refractivity contribution in [2.75, 3.05) is 7.11 Å². The number of carbonyl (C=O) groups is 1. The predicted octanol–water partition coefficient (Wildman–Crippen LogP) is 2.90. The smallest absolute Gasteiger partial charge is 0.251 e. The quantitative estimate of drug-likeness (QED) is 0.933. The number of halogens is 2. The van der Waals surface area contributed by atoms with E-state index < -0.39 is 11.6 Å². The molecule has 0 bridgehead atoms. The van der Waals surface area contributed by atoms with Crippen LogP contribution < -0.4 is 10.1 Å². The van der Waals surface area contributed by atoms with Gasteiger partial charge in [0.05, 0.1) is 7.11 Å². The molecule has 0 aliphatic heterocycles. The molecule has 3 nitrogen and oxygen atoms in total. The highest BCUT2D eigenvalue weighted by Gasteiger charge is 2.08. The molecule has 2 aromatic rings.